The van der Waals surface area contributed by atoms with Crippen molar-refractivity contribution in [1.82, 2.24) is 0 Å². The van der Waals surface area contributed by atoms with Crippen molar-refractivity contribution in [3.8, 4) is 0 Å². The molecule has 0 atom stereocenters. The van der Waals surface area contributed by atoms with Gasteiger partial charge in [0.1, 0.15) is 0 Å². The van der Waals surface area contributed by atoms with Crippen molar-refractivity contribution < 1.29 is 4.92 Å². The number of non-ortho nitro benzene ring substituents is 1. The molecule has 0 aromatic heterocycles. The van der Waals surface area contributed by atoms with E-state index >= 15 is 0 Å². The molecule has 0 fully saturated rings. The van der Waals surface area contributed by atoms with Gasteiger partial charge >= 0.3 is 0 Å². The van der Waals surface area contributed by atoms with Gasteiger partial charge in [0.2, 0.25) is 0 Å². The van der Waals surface area contributed by atoms with Crippen LogP contribution >= 0.6 is 0 Å². The Morgan fingerprint density at radius 2 is 1.87 bits per heavy atom. The van der Waals surface area contributed by atoms with Gasteiger partial charge in [0.25, 0.3) is 5.69 Å². The molecule has 0 unspecified atom stereocenters. The maximum atomic E-state index is 10.2. The van der Waals surface area contributed by atoms with Crippen molar-refractivity contribution >= 4 is 11.4 Å². The summed E-state index contributed by atoms with van der Waals surface area (Å²) in [5.74, 6) is 0. The summed E-state index contributed by atoms with van der Waals surface area (Å²) in [6, 6.07) is 4.38. The maximum absolute atomic E-state index is 10.2. The fourth-order valence-electron chi connectivity index (χ4n) is 0.773. The van der Waals surface area contributed by atoms with Crippen molar-refractivity contribution in [1.29, 1.82) is 0 Å². The number of nitro benzene ring substituents is 1. The second kappa shape index (κ2) is 6.81. The lowest BCUT2D eigenvalue weighted by atomic mass is 10.2. The molecule has 0 amide bonds. The van der Waals surface area contributed by atoms with Crippen molar-refractivity contribution in [2.75, 3.05) is 5.73 Å². The number of benzene rings is 1. The first kappa shape index (κ1) is 13.4. The first-order chi connectivity index (χ1) is 7.02. The Labute approximate surface area is 90.3 Å². The molecule has 0 saturated carbocycles. The first-order valence-corrected chi connectivity index (χ1v) is 5.03. The number of nitrogen functional groups attached to an aromatic ring is 1. The van der Waals surface area contributed by atoms with Crippen LogP contribution in [-0.2, 0) is 0 Å². The fraction of sp³-hybridized carbons (Fsp3) is 0.455. The summed E-state index contributed by atoms with van der Waals surface area (Å²) >= 11 is 0. The molecule has 0 aliphatic carbocycles. The summed E-state index contributed by atoms with van der Waals surface area (Å²) in [7, 11) is 0. The van der Waals surface area contributed by atoms with Crippen LogP contribution in [0.25, 0.3) is 0 Å². The largest absolute Gasteiger partial charge is 0.399 e. The predicted octanol–water partition coefficient (Wildman–Crippen LogP) is 3.29. The number of rotatable bonds is 2. The van der Waals surface area contributed by atoms with Gasteiger partial charge in [-0.25, -0.2) is 0 Å². The van der Waals surface area contributed by atoms with Crippen LogP contribution in [0.4, 0.5) is 11.4 Å². The smallest absolute Gasteiger partial charge is 0.269 e. The minimum atomic E-state index is -0.438. The predicted molar refractivity (Wildman–Crippen MR) is 62.8 cm³/mol. The number of aryl methyl sites for hydroxylation is 1. The minimum Gasteiger partial charge on any atom is -0.399 e. The van der Waals surface area contributed by atoms with Crippen LogP contribution in [0.5, 0.6) is 0 Å². The lowest BCUT2D eigenvalue weighted by Gasteiger charge is -1.97. The summed E-state index contributed by atoms with van der Waals surface area (Å²) in [4.78, 5) is 9.79. The van der Waals surface area contributed by atoms with Gasteiger partial charge in [-0.05, 0) is 18.6 Å². The van der Waals surface area contributed by atoms with Crippen LogP contribution in [0.2, 0.25) is 0 Å². The standard InChI is InChI=1S/C7H8N2O2.C4H10/c1-5-4-6(9(10)11)2-3-7(5)8;1-3-4-2/h2-4H,8H2,1H3;3-4H2,1-2H3. The van der Waals surface area contributed by atoms with E-state index in [-0.39, 0.29) is 5.69 Å². The Hall–Kier alpha value is -1.58. The van der Waals surface area contributed by atoms with Gasteiger partial charge in [0.15, 0.2) is 0 Å². The summed E-state index contributed by atoms with van der Waals surface area (Å²) in [6.45, 7) is 6.10. The van der Waals surface area contributed by atoms with Crippen LogP contribution in [0.15, 0.2) is 18.2 Å². The molecule has 0 bridgehead atoms. The number of nitrogens with two attached hydrogens (primary N) is 1. The second-order valence-corrected chi connectivity index (χ2v) is 3.30. The van der Waals surface area contributed by atoms with E-state index in [0.717, 1.165) is 5.56 Å². The van der Waals surface area contributed by atoms with Gasteiger partial charge in [0.05, 0.1) is 4.92 Å². The van der Waals surface area contributed by atoms with E-state index in [2.05, 4.69) is 13.8 Å². The fourth-order valence-corrected chi connectivity index (χ4v) is 0.773. The zero-order chi connectivity index (χ0) is 11.8. The Morgan fingerprint density at radius 3 is 2.20 bits per heavy atom. The summed E-state index contributed by atoms with van der Waals surface area (Å²) < 4.78 is 0. The molecule has 0 radical (unpaired) electrons. The highest BCUT2D eigenvalue weighted by molar-refractivity contribution is 5.51. The molecule has 4 heteroatoms. The normalized spacial score (nSPS) is 9.00. The first-order valence-electron chi connectivity index (χ1n) is 5.03. The van der Waals surface area contributed by atoms with Crippen LogP contribution in [0.1, 0.15) is 32.3 Å². The van der Waals surface area contributed by atoms with E-state index in [9.17, 15) is 10.1 Å². The van der Waals surface area contributed by atoms with E-state index in [0.29, 0.717) is 5.69 Å². The molecule has 1 aromatic rings. The van der Waals surface area contributed by atoms with Crippen molar-refractivity contribution in [3.63, 3.8) is 0 Å². The van der Waals surface area contributed by atoms with Crippen LogP contribution < -0.4 is 5.73 Å². The Morgan fingerprint density at radius 1 is 1.33 bits per heavy atom. The zero-order valence-corrected chi connectivity index (χ0v) is 9.49. The average molecular weight is 210 g/mol. The lowest BCUT2D eigenvalue weighted by molar-refractivity contribution is -0.384. The number of anilines is 1. The number of unbranched alkanes of at least 4 members (excludes halogenated alkanes) is 1. The third-order valence-corrected chi connectivity index (χ3v) is 1.96. The SMILES string of the molecule is CCCC.Cc1cc([N+](=O)[O-])ccc1N. The molecule has 0 saturated heterocycles. The highest BCUT2D eigenvalue weighted by atomic mass is 16.6. The molecule has 0 aliphatic rings. The van der Waals surface area contributed by atoms with Gasteiger partial charge in [-0.1, -0.05) is 26.7 Å². The molecule has 0 aliphatic heterocycles. The molecule has 4 nitrogen and oxygen atoms in total. The van der Waals surface area contributed by atoms with Crippen LogP contribution in [0, 0.1) is 17.0 Å². The highest BCUT2D eigenvalue weighted by Gasteiger charge is 2.04. The molecule has 1 rings (SSSR count). The van der Waals surface area contributed by atoms with Gasteiger partial charge in [-0.2, -0.15) is 0 Å². The topological polar surface area (TPSA) is 69.2 Å². The number of nitro groups is 1. The monoisotopic (exact) mass is 210 g/mol. The molecule has 0 spiro atoms. The van der Waals surface area contributed by atoms with E-state index in [1.165, 1.54) is 31.0 Å². The van der Waals surface area contributed by atoms with E-state index in [1.807, 2.05) is 0 Å². The quantitative estimate of drug-likeness (QED) is 0.462. The second-order valence-electron chi connectivity index (χ2n) is 3.30. The molecular weight excluding hydrogens is 192 g/mol. The van der Waals surface area contributed by atoms with Crippen LogP contribution in [0.3, 0.4) is 0 Å². The van der Waals surface area contributed by atoms with Gasteiger partial charge < -0.3 is 5.73 Å². The summed E-state index contributed by atoms with van der Waals surface area (Å²) in [5.41, 5.74) is 6.86. The lowest BCUT2D eigenvalue weighted by Crippen LogP contribution is -1.92. The summed E-state index contributed by atoms with van der Waals surface area (Å²) in [5, 5.41) is 10.2. The molecule has 84 valence electrons. The van der Waals surface area contributed by atoms with E-state index in [4.69, 9.17) is 5.73 Å². The maximum Gasteiger partial charge on any atom is 0.269 e. The number of nitrogens with zero attached hydrogens (tertiary/aromatic N) is 1. The number of hydrogen-bond acceptors (Lipinski definition) is 3. The zero-order valence-electron chi connectivity index (χ0n) is 9.49. The van der Waals surface area contributed by atoms with Crippen LogP contribution in [-0.4, -0.2) is 4.92 Å². The Kier molecular flexibility index (Phi) is 6.09. The average Bonchev–Trinajstić information content (AvgIpc) is 2.22. The molecule has 15 heavy (non-hydrogen) atoms. The molecular formula is C11H18N2O2. The van der Waals surface area contributed by atoms with Gasteiger partial charge in [-0.15, -0.1) is 0 Å². The van der Waals surface area contributed by atoms with Crippen molar-refractivity contribution in [3.05, 3.63) is 33.9 Å². The highest BCUT2D eigenvalue weighted by Crippen LogP contribution is 2.17. The van der Waals surface area contributed by atoms with Crippen molar-refractivity contribution in [2.45, 2.75) is 33.6 Å². The summed E-state index contributed by atoms with van der Waals surface area (Å²) in [6.07, 6.45) is 2.64. The van der Waals surface area contributed by atoms with E-state index < -0.39 is 4.92 Å². The third-order valence-electron chi connectivity index (χ3n) is 1.96. The molecule has 0 heterocycles. The number of hydrogen-bond donors (Lipinski definition) is 1. The molecule has 1 aromatic carbocycles. The Balaban J connectivity index is 0.000000423. The van der Waals surface area contributed by atoms with E-state index in [1.54, 1.807) is 6.92 Å². The minimum absolute atomic E-state index is 0.0803. The van der Waals surface area contributed by atoms with Gasteiger partial charge in [0, 0.05) is 17.8 Å². The van der Waals surface area contributed by atoms with Crippen molar-refractivity contribution in [2.24, 2.45) is 0 Å². The van der Waals surface area contributed by atoms with Gasteiger partial charge in [-0.3, -0.25) is 10.1 Å². The Bertz CT molecular complexity index is 322. The third kappa shape index (κ3) is 5.00. The molecule has 2 N–H and O–H groups in total.